The van der Waals surface area contributed by atoms with E-state index >= 15 is 0 Å². The second-order valence-corrected chi connectivity index (χ2v) is 11.5. The number of hydrogen-bond donors (Lipinski definition) is 1. The predicted octanol–water partition coefficient (Wildman–Crippen LogP) is 6.05. The van der Waals surface area contributed by atoms with Crippen LogP contribution in [0.3, 0.4) is 0 Å². The van der Waals surface area contributed by atoms with E-state index in [1.807, 2.05) is 6.92 Å². The van der Waals surface area contributed by atoms with Crippen molar-refractivity contribution < 1.29 is 23.5 Å². The summed E-state index contributed by atoms with van der Waals surface area (Å²) in [6.45, 7) is 3.71. The van der Waals surface area contributed by atoms with Crippen LogP contribution in [0.15, 0.2) is 17.7 Å². The molecule has 5 rings (SSSR count). The number of imidazole rings is 1. The average molecular weight is 552 g/mol. The van der Waals surface area contributed by atoms with Crippen molar-refractivity contribution in [2.45, 2.75) is 51.4 Å². The van der Waals surface area contributed by atoms with Gasteiger partial charge in [0.05, 0.1) is 27.9 Å². The van der Waals surface area contributed by atoms with Gasteiger partial charge in [0, 0.05) is 50.0 Å². The van der Waals surface area contributed by atoms with Crippen LogP contribution in [0.5, 0.6) is 0 Å². The van der Waals surface area contributed by atoms with Gasteiger partial charge in [-0.1, -0.05) is 30.1 Å². The number of nitrogens with zero attached hydrogens (tertiary/aromatic N) is 3. The largest absolute Gasteiger partial charge is 0.481 e. The second kappa shape index (κ2) is 9.38. The molecule has 1 saturated heterocycles. The number of hydrogen-bond acceptors (Lipinski definition) is 3. The Kier molecular flexibility index (Phi) is 6.64. The Hall–Kier alpha value is -2.45. The van der Waals surface area contributed by atoms with Crippen molar-refractivity contribution in [3.8, 4) is 0 Å². The summed E-state index contributed by atoms with van der Waals surface area (Å²) >= 11 is 13.3. The topological polar surface area (TPSA) is 75.4 Å². The van der Waals surface area contributed by atoms with E-state index < -0.39 is 17.8 Å². The van der Waals surface area contributed by atoms with E-state index in [1.165, 1.54) is 6.08 Å². The van der Waals surface area contributed by atoms with Gasteiger partial charge in [-0.15, -0.1) is 0 Å². The monoisotopic (exact) mass is 551 g/mol. The van der Waals surface area contributed by atoms with Crippen LogP contribution in [0.4, 0.5) is 8.78 Å². The molecule has 6 nitrogen and oxygen atoms in total. The number of allylic oxidation sites excluding steroid dienone is 1. The molecule has 0 spiro atoms. The van der Waals surface area contributed by atoms with Gasteiger partial charge in [0.15, 0.2) is 0 Å². The van der Waals surface area contributed by atoms with Crippen molar-refractivity contribution in [3.05, 3.63) is 56.1 Å². The Balaban J connectivity index is 1.42. The summed E-state index contributed by atoms with van der Waals surface area (Å²) in [7, 11) is 1.78. The third-order valence-electron chi connectivity index (χ3n) is 8.34. The van der Waals surface area contributed by atoms with E-state index in [4.69, 9.17) is 28.2 Å². The predicted molar refractivity (Wildman–Crippen MR) is 137 cm³/mol. The standard InChI is InChI=1S/C27H29Cl2F2N3O3/c1-13-8-15(27(2,30)31)9-21-24(13)32-22(33(21)3)10-18-20(28)7-6-17(23(18)29)25(35)34-11-14-4-5-16(26(36)37)19(14)12-34/h6-7,9,13-14,16,19H,4-5,8,10-12H2,1-3H3,(H,36,37)/t13?,14-,16-,19-/m0/s1. The van der Waals surface area contributed by atoms with Crippen molar-refractivity contribution >= 4 is 41.2 Å². The lowest BCUT2D eigenvalue weighted by molar-refractivity contribution is -0.143. The summed E-state index contributed by atoms with van der Waals surface area (Å²) in [6, 6.07) is 3.23. The van der Waals surface area contributed by atoms with Crippen LogP contribution in [0.1, 0.15) is 72.2 Å². The number of aliphatic carboxylic acids is 1. The molecule has 1 aromatic heterocycles. The van der Waals surface area contributed by atoms with Gasteiger partial charge in [0.1, 0.15) is 5.82 Å². The fourth-order valence-corrected chi connectivity index (χ4v) is 6.81. The third kappa shape index (κ3) is 4.56. The third-order valence-corrected chi connectivity index (χ3v) is 9.13. The van der Waals surface area contributed by atoms with E-state index in [-0.39, 0.29) is 47.1 Å². The molecule has 198 valence electrons. The molecule has 2 heterocycles. The lowest BCUT2D eigenvalue weighted by Crippen LogP contribution is -2.31. The van der Waals surface area contributed by atoms with Gasteiger partial charge in [-0.05, 0) is 54.9 Å². The Morgan fingerprint density at radius 3 is 2.62 bits per heavy atom. The van der Waals surface area contributed by atoms with Crippen molar-refractivity contribution in [3.63, 3.8) is 0 Å². The van der Waals surface area contributed by atoms with Gasteiger partial charge in [-0.2, -0.15) is 0 Å². The summed E-state index contributed by atoms with van der Waals surface area (Å²) in [6.07, 6.45) is 3.43. The Morgan fingerprint density at radius 1 is 1.22 bits per heavy atom. The van der Waals surface area contributed by atoms with Gasteiger partial charge >= 0.3 is 5.97 Å². The quantitative estimate of drug-likeness (QED) is 0.491. The highest BCUT2D eigenvalue weighted by Gasteiger charge is 2.47. The fraction of sp³-hybridized carbons (Fsp3) is 0.519. The molecule has 2 aliphatic carbocycles. The Bertz CT molecular complexity index is 1320. The first-order valence-corrected chi connectivity index (χ1v) is 13.3. The van der Waals surface area contributed by atoms with Gasteiger partial charge in [-0.25, -0.2) is 13.8 Å². The number of carboxylic acid groups (broad SMARTS) is 1. The molecule has 2 aromatic rings. The Morgan fingerprint density at radius 2 is 1.95 bits per heavy atom. The number of amides is 1. The average Bonchev–Trinajstić information content (AvgIpc) is 3.49. The van der Waals surface area contributed by atoms with E-state index in [2.05, 4.69) is 0 Å². The molecular formula is C27H29Cl2F2N3O3. The minimum atomic E-state index is -2.91. The minimum Gasteiger partial charge on any atom is -0.481 e. The van der Waals surface area contributed by atoms with Crippen LogP contribution in [0.25, 0.3) is 6.08 Å². The maximum absolute atomic E-state index is 14.1. The first-order chi connectivity index (χ1) is 17.4. The van der Waals surface area contributed by atoms with Crippen LogP contribution < -0.4 is 0 Å². The molecule has 1 aromatic carbocycles. The van der Waals surface area contributed by atoms with Crippen LogP contribution in [-0.4, -0.2) is 50.4 Å². The summed E-state index contributed by atoms with van der Waals surface area (Å²) in [4.78, 5) is 31.5. The lowest BCUT2D eigenvalue weighted by Gasteiger charge is -2.23. The summed E-state index contributed by atoms with van der Waals surface area (Å²) in [5.41, 5.74) is 2.32. The maximum Gasteiger partial charge on any atom is 0.306 e. The number of aromatic nitrogens is 2. The van der Waals surface area contributed by atoms with Crippen molar-refractivity contribution in [1.82, 2.24) is 14.5 Å². The molecule has 3 aliphatic rings. The molecule has 1 amide bonds. The number of rotatable bonds is 5. The summed E-state index contributed by atoms with van der Waals surface area (Å²) in [5.74, 6) is -3.77. The highest BCUT2D eigenvalue weighted by atomic mass is 35.5. The lowest BCUT2D eigenvalue weighted by atomic mass is 9.88. The number of halogens is 4. The molecule has 0 radical (unpaired) electrons. The van der Waals surface area contributed by atoms with E-state index in [0.717, 1.165) is 19.0 Å². The van der Waals surface area contributed by atoms with Crippen LogP contribution in [0.2, 0.25) is 10.0 Å². The highest BCUT2D eigenvalue weighted by molar-refractivity contribution is 6.38. The molecule has 1 aliphatic heterocycles. The van der Waals surface area contributed by atoms with Crippen LogP contribution in [-0.2, 0) is 18.3 Å². The van der Waals surface area contributed by atoms with Gasteiger partial charge < -0.3 is 14.6 Å². The first kappa shape index (κ1) is 26.2. The summed E-state index contributed by atoms with van der Waals surface area (Å²) < 4.78 is 29.9. The van der Waals surface area contributed by atoms with E-state index in [9.17, 15) is 23.5 Å². The molecule has 0 bridgehead atoms. The molecule has 1 unspecified atom stereocenters. The second-order valence-electron chi connectivity index (χ2n) is 10.7. The fourth-order valence-electron chi connectivity index (χ4n) is 6.22. The van der Waals surface area contributed by atoms with Crippen molar-refractivity contribution in [1.29, 1.82) is 0 Å². The van der Waals surface area contributed by atoms with Crippen molar-refractivity contribution in [2.75, 3.05) is 13.1 Å². The number of fused-ring (bicyclic) bond motifs is 2. The molecule has 1 saturated carbocycles. The number of alkyl halides is 2. The van der Waals surface area contributed by atoms with Gasteiger partial charge in [-0.3, -0.25) is 9.59 Å². The zero-order valence-electron chi connectivity index (χ0n) is 20.9. The van der Waals surface area contributed by atoms with Gasteiger partial charge in [0.2, 0.25) is 0 Å². The Labute approximate surface area is 224 Å². The number of carbonyl (C=O) groups is 2. The summed E-state index contributed by atoms with van der Waals surface area (Å²) in [5, 5.41) is 10.1. The normalized spacial score (nSPS) is 25.2. The zero-order chi connectivity index (χ0) is 26.8. The molecule has 37 heavy (non-hydrogen) atoms. The molecule has 2 fully saturated rings. The first-order valence-electron chi connectivity index (χ1n) is 12.5. The number of likely N-dealkylation sites (tertiary alicyclic amines) is 1. The van der Waals surface area contributed by atoms with Crippen LogP contribution in [0, 0.1) is 17.8 Å². The SMILES string of the molecule is CC1CC(C(C)(F)F)=Cc2c1nc(Cc1c(Cl)ccc(C(=O)N3C[C@@H]4CC[C@H](C(=O)O)[C@H]4C3)c1Cl)n2C. The molecule has 10 heteroatoms. The van der Waals surface area contributed by atoms with Crippen molar-refractivity contribution in [2.24, 2.45) is 24.8 Å². The highest BCUT2D eigenvalue weighted by Crippen LogP contribution is 2.44. The van der Waals surface area contributed by atoms with E-state index in [0.29, 0.717) is 47.2 Å². The van der Waals surface area contributed by atoms with Gasteiger partial charge in [0.25, 0.3) is 11.8 Å². The molecule has 4 atom stereocenters. The number of carbonyl (C=O) groups excluding carboxylic acids is 1. The smallest absolute Gasteiger partial charge is 0.306 e. The van der Waals surface area contributed by atoms with E-state index in [1.54, 1.807) is 28.6 Å². The zero-order valence-corrected chi connectivity index (χ0v) is 22.4. The molecule has 1 N–H and O–H groups in total. The maximum atomic E-state index is 14.1. The number of benzene rings is 1. The molecular weight excluding hydrogens is 523 g/mol. The van der Waals surface area contributed by atoms with Crippen LogP contribution >= 0.6 is 23.2 Å². The number of carboxylic acids is 1. The minimum absolute atomic E-state index is 0.0404.